The molecule has 36 heavy (non-hydrogen) atoms. The van der Waals surface area contributed by atoms with E-state index < -0.39 is 11.9 Å². The van der Waals surface area contributed by atoms with Gasteiger partial charge in [-0.25, -0.2) is 4.98 Å². The van der Waals surface area contributed by atoms with Crippen molar-refractivity contribution in [2.45, 2.75) is 102 Å². The number of piperidine rings is 1. The molecule has 1 aromatic carbocycles. The molecule has 1 aliphatic carbocycles. The highest BCUT2D eigenvalue weighted by molar-refractivity contribution is 5.95. The summed E-state index contributed by atoms with van der Waals surface area (Å²) in [6.45, 7) is 1.65. The number of esters is 1. The molecule has 1 aromatic heterocycles. The number of carbonyl (C=O) groups excluding carboxylic acids is 2. The van der Waals surface area contributed by atoms with Gasteiger partial charge < -0.3 is 14.6 Å². The van der Waals surface area contributed by atoms with Crippen LogP contribution in [0.4, 0.5) is 0 Å². The molecule has 0 unspecified atom stereocenters. The van der Waals surface area contributed by atoms with E-state index in [4.69, 9.17) is 4.74 Å². The summed E-state index contributed by atoms with van der Waals surface area (Å²) in [5, 5.41) is 2.51. The molecule has 2 saturated heterocycles. The lowest BCUT2D eigenvalue weighted by Gasteiger charge is -2.45. The van der Waals surface area contributed by atoms with Crippen LogP contribution < -0.4 is 10.9 Å². The summed E-state index contributed by atoms with van der Waals surface area (Å²) in [6.07, 6.45) is 13.5. The fourth-order valence-corrected chi connectivity index (χ4v) is 6.84. The molecule has 2 bridgehead atoms. The molecule has 194 valence electrons. The second-order valence-electron chi connectivity index (χ2n) is 10.6. The molecule has 3 aliphatic rings. The number of aromatic nitrogens is 2. The van der Waals surface area contributed by atoms with Gasteiger partial charge in [0.15, 0.2) is 5.69 Å². The van der Waals surface area contributed by atoms with Crippen LogP contribution in [0.3, 0.4) is 0 Å². The van der Waals surface area contributed by atoms with Gasteiger partial charge in [0, 0.05) is 24.2 Å². The minimum atomic E-state index is -0.637. The monoisotopic (exact) mass is 494 g/mol. The molecule has 3 atom stereocenters. The van der Waals surface area contributed by atoms with Crippen LogP contribution >= 0.6 is 0 Å². The summed E-state index contributed by atoms with van der Waals surface area (Å²) in [6, 6.07) is 9.21. The minimum Gasteiger partial charge on any atom is -0.465 e. The zero-order chi connectivity index (χ0) is 25.1. The Morgan fingerprint density at radius 3 is 2.31 bits per heavy atom. The molecule has 0 spiro atoms. The Morgan fingerprint density at radius 2 is 1.61 bits per heavy atom. The molecule has 8 heteroatoms. The first-order valence-corrected chi connectivity index (χ1v) is 13.8. The number of amides is 1. The van der Waals surface area contributed by atoms with E-state index in [1.165, 1.54) is 57.8 Å². The second kappa shape index (κ2) is 11.1. The number of hydrogen-bond acceptors (Lipinski definition) is 6. The van der Waals surface area contributed by atoms with E-state index in [1.54, 1.807) is 6.92 Å². The molecule has 2 aromatic rings. The summed E-state index contributed by atoms with van der Waals surface area (Å²) in [5.74, 6) is -1.17. The summed E-state index contributed by atoms with van der Waals surface area (Å²) >= 11 is 0. The number of para-hydroxylation sites is 2. The van der Waals surface area contributed by atoms with Crippen molar-refractivity contribution in [3.8, 4) is 0 Å². The van der Waals surface area contributed by atoms with Crippen molar-refractivity contribution in [3.63, 3.8) is 0 Å². The third-order valence-corrected chi connectivity index (χ3v) is 8.33. The van der Waals surface area contributed by atoms with E-state index in [9.17, 15) is 14.4 Å². The summed E-state index contributed by atoms with van der Waals surface area (Å²) in [4.78, 5) is 45.6. The van der Waals surface area contributed by atoms with E-state index in [1.807, 2.05) is 28.8 Å². The predicted molar refractivity (Wildman–Crippen MR) is 138 cm³/mol. The highest BCUT2D eigenvalue weighted by Gasteiger charge is 2.44. The van der Waals surface area contributed by atoms with Gasteiger partial charge in [-0.1, -0.05) is 44.2 Å². The van der Waals surface area contributed by atoms with Crippen LogP contribution in [0.15, 0.2) is 29.1 Å². The third-order valence-electron chi connectivity index (χ3n) is 8.33. The van der Waals surface area contributed by atoms with Gasteiger partial charge >= 0.3 is 5.97 Å². The lowest BCUT2D eigenvalue weighted by molar-refractivity contribution is -0.141. The first kappa shape index (κ1) is 24.9. The Kier molecular flexibility index (Phi) is 7.70. The average Bonchev–Trinajstić information content (AvgIpc) is 3.11. The molecule has 1 saturated carbocycles. The fraction of sp³-hybridized carbons (Fsp3) is 0.643. The number of rotatable bonds is 6. The number of nitrogens with one attached hydrogen (secondary N) is 1. The normalized spacial score (nSPS) is 25.3. The lowest BCUT2D eigenvalue weighted by Crippen LogP contribution is -2.50. The van der Waals surface area contributed by atoms with Gasteiger partial charge in [0.1, 0.15) is 6.54 Å². The van der Waals surface area contributed by atoms with Crippen LogP contribution in [-0.2, 0) is 9.53 Å². The zero-order valence-corrected chi connectivity index (χ0v) is 21.3. The number of hydrogen-bond donors (Lipinski definition) is 1. The number of ether oxygens (including phenoxy) is 1. The van der Waals surface area contributed by atoms with Gasteiger partial charge in [-0.05, 0) is 57.6 Å². The fourth-order valence-electron chi connectivity index (χ4n) is 6.84. The molecule has 5 rings (SSSR count). The third kappa shape index (κ3) is 5.05. The van der Waals surface area contributed by atoms with Crippen molar-refractivity contribution >= 4 is 22.9 Å². The van der Waals surface area contributed by atoms with Crippen molar-refractivity contribution in [2.75, 3.05) is 13.2 Å². The van der Waals surface area contributed by atoms with Crippen LogP contribution in [-0.4, -0.2) is 57.6 Å². The van der Waals surface area contributed by atoms with E-state index in [0.717, 1.165) is 18.4 Å². The van der Waals surface area contributed by atoms with Crippen LogP contribution in [0.5, 0.6) is 0 Å². The van der Waals surface area contributed by atoms with E-state index in [-0.39, 0.29) is 30.4 Å². The number of fused-ring (bicyclic) bond motifs is 3. The molecule has 0 radical (unpaired) electrons. The molecule has 3 heterocycles. The molecular formula is C28H38N4O4. The van der Waals surface area contributed by atoms with Crippen molar-refractivity contribution in [1.82, 2.24) is 19.8 Å². The topological polar surface area (TPSA) is 93.5 Å². The minimum absolute atomic E-state index is 0.0318. The SMILES string of the molecule is CCOC(=O)CNC(=O)c1nc2ccccc2n([C@H]2C[C@H]3CC[C@@H](C2)N3C2CCCCCCC2)c1=O. The Morgan fingerprint density at radius 1 is 0.944 bits per heavy atom. The quantitative estimate of drug-likeness (QED) is 0.611. The first-order valence-electron chi connectivity index (χ1n) is 13.8. The smallest absolute Gasteiger partial charge is 0.325 e. The maximum Gasteiger partial charge on any atom is 0.325 e. The number of nitrogens with zero attached hydrogens (tertiary/aromatic N) is 3. The van der Waals surface area contributed by atoms with Gasteiger partial charge in [-0.3, -0.25) is 19.3 Å². The Hall–Kier alpha value is -2.74. The van der Waals surface area contributed by atoms with Crippen molar-refractivity contribution in [3.05, 3.63) is 40.3 Å². The number of carbonyl (C=O) groups is 2. The Bertz CT molecular complexity index is 1140. The largest absolute Gasteiger partial charge is 0.465 e. The molecule has 2 aliphatic heterocycles. The van der Waals surface area contributed by atoms with Crippen molar-refractivity contribution in [2.24, 2.45) is 0 Å². The van der Waals surface area contributed by atoms with Crippen LogP contribution in [0.2, 0.25) is 0 Å². The van der Waals surface area contributed by atoms with Crippen LogP contribution in [0, 0.1) is 0 Å². The molecular weight excluding hydrogens is 456 g/mol. The number of benzene rings is 1. The van der Waals surface area contributed by atoms with Crippen LogP contribution in [0.25, 0.3) is 11.0 Å². The maximum atomic E-state index is 13.7. The highest BCUT2D eigenvalue weighted by atomic mass is 16.5. The van der Waals surface area contributed by atoms with E-state index >= 15 is 0 Å². The van der Waals surface area contributed by atoms with Crippen molar-refractivity contribution < 1.29 is 14.3 Å². The summed E-state index contributed by atoms with van der Waals surface area (Å²) < 4.78 is 6.71. The van der Waals surface area contributed by atoms with Gasteiger partial charge in [0.25, 0.3) is 11.5 Å². The summed E-state index contributed by atoms with van der Waals surface area (Å²) in [5.41, 5.74) is 0.855. The van der Waals surface area contributed by atoms with Gasteiger partial charge in [-0.2, -0.15) is 0 Å². The first-order chi connectivity index (χ1) is 17.6. The molecule has 3 fully saturated rings. The van der Waals surface area contributed by atoms with Gasteiger partial charge in [0.2, 0.25) is 0 Å². The standard InChI is InChI=1S/C28H38N4O4/c1-2-36-25(33)18-29-27(34)26-28(35)32(24-13-9-8-12-23(24)30-26)22-16-20-14-15-21(17-22)31(20)19-10-6-4-3-5-7-11-19/h8-9,12-13,19-22H,2-7,10-11,14-18H2,1H3,(H,29,34)/t20-,21+,22+. The Balaban J connectivity index is 1.42. The second-order valence-corrected chi connectivity index (χ2v) is 10.6. The molecule has 1 N–H and O–H groups in total. The zero-order valence-electron chi connectivity index (χ0n) is 21.3. The maximum absolute atomic E-state index is 13.7. The molecule has 1 amide bonds. The van der Waals surface area contributed by atoms with Crippen molar-refractivity contribution in [1.29, 1.82) is 0 Å². The Labute approximate surface area is 212 Å². The lowest BCUT2D eigenvalue weighted by atomic mass is 9.89. The van der Waals surface area contributed by atoms with Crippen LogP contribution in [0.1, 0.15) is 94.1 Å². The predicted octanol–water partition coefficient (Wildman–Crippen LogP) is 3.97. The van der Waals surface area contributed by atoms with E-state index in [2.05, 4.69) is 15.2 Å². The van der Waals surface area contributed by atoms with Gasteiger partial charge in [0.05, 0.1) is 17.6 Å². The summed E-state index contributed by atoms with van der Waals surface area (Å²) in [7, 11) is 0. The highest BCUT2D eigenvalue weighted by Crippen LogP contribution is 2.44. The van der Waals surface area contributed by atoms with Gasteiger partial charge in [-0.15, -0.1) is 0 Å². The average molecular weight is 495 g/mol. The molecule has 8 nitrogen and oxygen atoms in total. The van der Waals surface area contributed by atoms with E-state index in [0.29, 0.717) is 23.6 Å².